The lowest BCUT2D eigenvalue weighted by atomic mass is 10.2. The molecule has 3 N–H and O–H groups in total. The molecular weight excluding hydrogens is 266 g/mol. The van der Waals surface area contributed by atoms with Crippen molar-refractivity contribution in [2.45, 2.75) is 26.4 Å². The number of rotatable bonds is 3. The number of nitrogens with zero attached hydrogens (tertiary/aromatic N) is 1. The predicted molar refractivity (Wildman–Crippen MR) is 78.3 cm³/mol. The molecule has 5 nitrogen and oxygen atoms in total. The smallest absolute Gasteiger partial charge is 0.412 e. The SMILES string of the molecule is CC(C)(C)OC(=O)Nc1ccc(N=C(N)CCl)cc1. The summed E-state index contributed by atoms with van der Waals surface area (Å²) in [4.78, 5) is 15.6. The van der Waals surface area contributed by atoms with Gasteiger partial charge in [-0.15, -0.1) is 11.6 Å². The quantitative estimate of drug-likeness (QED) is 0.508. The second-order valence-electron chi connectivity index (χ2n) is 4.91. The molecule has 6 heteroatoms. The first kappa shape index (κ1) is 15.3. The fourth-order valence-corrected chi connectivity index (χ4v) is 1.30. The van der Waals surface area contributed by atoms with Crippen molar-refractivity contribution >= 4 is 34.9 Å². The summed E-state index contributed by atoms with van der Waals surface area (Å²) in [5.74, 6) is 0.521. The molecule has 0 aliphatic heterocycles. The Labute approximate surface area is 117 Å². The Morgan fingerprint density at radius 2 is 1.95 bits per heavy atom. The van der Waals surface area contributed by atoms with Crippen molar-refractivity contribution in [1.82, 2.24) is 0 Å². The number of amides is 1. The number of amidine groups is 1. The minimum Gasteiger partial charge on any atom is -0.444 e. The van der Waals surface area contributed by atoms with E-state index in [0.29, 0.717) is 17.2 Å². The third-order valence-corrected chi connectivity index (χ3v) is 2.20. The van der Waals surface area contributed by atoms with E-state index in [1.807, 2.05) is 0 Å². The van der Waals surface area contributed by atoms with Crippen LogP contribution in [0.2, 0.25) is 0 Å². The van der Waals surface area contributed by atoms with Gasteiger partial charge in [-0.2, -0.15) is 0 Å². The lowest BCUT2D eigenvalue weighted by molar-refractivity contribution is 0.0636. The molecule has 0 bridgehead atoms. The average molecular weight is 284 g/mol. The summed E-state index contributed by atoms with van der Waals surface area (Å²) < 4.78 is 5.14. The van der Waals surface area contributed by atoms with E-state index < -0.39 is 11.7 Å². The van der Waals surface area contributed by atoms with Crippen LogP contribution in [0.15, 0.2) is 29.3 Å². The molecule has 0 spiro atoms. The van der Waals surface area contributed by atoms with E-state index in [-0.39, 0.29) is 5.88 Å². The highest BCUT2D eigenvalue weighted by Crippen LogP contribution is 2.17. The maximum absolute atomic E-state index is 11.5. The van der Waals surface area contributed by atoms with Crippen LogP contribution in [0, 0.1) is 0 Å². The van der Waals surface area contributed by atoms with Gasteiger partial charge in [0.05, 0.1) is 11.6 Å². The molecule has 0 fully saturated rings. The molecule has 1 amide bonds. The zero-order chi connectivity index (χ0) is 14.5. The molecule has 0 aliphatic rings. The number of aliphatic imine (C=N–C) groups is 1. The number of carbonyl (C=O) groups excluding carboxylic acids is 1. The molecule has 19 heavy (non-hydrogen) atoms. The molecule has 1 rings (SSSR count). The number of ether oxygens (including phenoxy) is 1. The Morgan fingerprint density at radius 1 is 1.37 bits per heavy atom. The molecule has 0 radical (unpaired) electrons. The van der Waals surface area contributed by atoms with Gasteiger partial charge in [-0.1, -0.05) is 0 Å². The first-order chi connectivity index (χ1) is 8.80. The Balaban J connectivity index is 2.65. The van der Waals surface area contributed by atoms with Gasteiger partial charge in [0.15, 0.2) is 0 Å². The van der Waals surface area contributed by atoms with E-state index in [1.54, 1.807) is 45.0 Å². The monoisotopic (exact) mass is 283 g/mol. The molecular formula is C13H18ClN3O2. The number of benzene rings is 1. The Hall–Kier alpha value is -1.75. The van der Waals surface area contributed by atoms with E-state index in [1.165, 1.54) is 0 Å². The third kappa shape index (κ3) is 6.10. The summed E-state index contributed by atoms with van der Waals surface area (Å²) in [6, 6.07) is 6.88. The van der Waals surface area contributed by atoms with E-state index >= 15 is 0 Å². The molecule has 104 valence electrons. The Morgan fingerprint density at radius 3 is 2.42 bits per heavy atom. The van der Waals surface area contributed by atoms with E-state index in [4.69, 9.17) is 22.1 Å². The second-order valence-corrected chi connectivity index (χ2v) is 5.18. The minimum absolute atomic E-state index is 0.178. The molecule has 0 saturated heterocycles. The third-order valence-electron chi connectivity index (χ3n) is 1.92. The fraction of sp³-hybridized carbons (Fsp3) is 0.385. The molecule has 0 aromatic heterocycles. The lowest BCUT2D eigenvalue weighted by Gasteiger charge is -2.19. The summed E-state index contributed by atoms with van der Waals surface area (Å²) in [5.41, 5.74) is 6.29. The van der Waals surface area contributed by atoms with Gasteiger partial charge in [0, 0.05) is 5.69 Å². The minimum atomic E-state index is -0.525. The highest BCUT2D eigenvalue weighted by molar-refractivity contribution is 6.28. The van der Waals surface area contributed by atoms with Crippen LogP contribution in [0.1, 0.15) is 20.8 Å². The van der Waals surface area contributed by atoms with Crippen molar-refractivity contribution in [3.8, 4) is 0 Å². The van der Waals surface area contributed by atoms with Crippen molar-refractivity contribution in [3.05, 3.63) is 24.3 Å². The number of alkyl halides is 1. The standard InChI is InChI=1S/C13H18ClN3O2/c1-13(2,3)19-12(18)17-10-6-4-9(5-7-10)16-11(15)8-14/h4-7H,8H2,1-3H3,(H2,15,16)(H,17,18). The number of hydrogen-bond acceptors (Lipinski definition) is 3. The van der Waals surface area contributed by atoms with Crippen LogP contribution in [0.25, 0.3) is 0 Å². The normalized spacial score (nSPS) is 12.1. The van der Waals surface area contributed by atoms with Gasteiger partial charge >= 0.3 is 6.09 Å². The maximum Gasteiger partial charge on any atom is 0.412 e. The summed E-state index contributed by atoms with van der Waals surface area (Å²) in [7, 11) is 0. The van der Waals surface area contributed by atoms with Crippen molar-refractivity contribution in [2.75, 3.05) is 11.2 Å². The number of nitrogens with one attached hydrogen (secondary N) is 1. The summed E-state index contributed by atoms with van der Waals surface area (Å²) in [5, 5.41) is 2.63. The maximum atomic E-state index is 11.5. The van der Waals surface area contributed by atoms with Gasteiger partial charge in [-0.3, -0.25) is 5.32 Å². The van der Waals surface area contributed by atoms with Crippen molar-refractivity contribution in [2.24, 2.45) is 10.7 Å². The molecule has 0 unspecified atom stereocenters. The number of anilines is 1. The molecule has 1 aromatic carbocycles. The number of nitrogens with two attached hydrogens (primary N) is 1. The van der Waals surface area contributed by atoms with Gasteiger partial charge in [0.1, 0.15) is 11.4 Å². The second kappa shape index (κ2) is 6.43. The van der Waals surface area contributed by atoms with Crippen LogP contribution in [-0.2, 0) is 4.74 Å². The molecule has 0 aliphatic carbocycles. The average Bonchev–Trinajstić information content (AvgIpc) is 2.29. The van der Waals surface area contributed by atoms with Gasteiger partial charge in [-0.25, -0.2) is 9.79 Å². The molecule has 0 heterocycles. The van der Waals surface area contributed by atoms with Gasteiger partial charge in [-0.05, 0) is 45.0 Å². The topological polar surface area (TPSA) is 76.7 Å². The Bertz CT molecular complexity index is 464. The number of halogens is 1. The summed E-state index contributed by atoms with van der Waals surface area (Å²) in [6.45, 7) is 5.41. The van der Waals surface area contributed by atoms with Crippen molar-refractivity contribution in [3.63, 3.8) is 0 Å². The van der Waals surface area contributed by atoms with Gasteiger partial charge < -0.3 is 10.5 Å². The van der Waals surface area contributed by atoms with E-state index in [9.17, 15) is 4.79 Å². The highest BCUT2D eigenvalue weighted by atomic mass is 35.5. The fourth-order valence-electron chi connectivity index (χ4n) is 1.24. The molecule has 0 saturated carbocycles. The summed E-state index contributed by atoms with van der Waals surface area (Å²) in [6.07, 6.45) is -0.496. The zero-order valence-corrected chi connectivity index (χ0v) is 12.0. The first-order valence-electron chi connectivity index (χ1n) is 5.79. The van der Waals surface area contributed by atoms with Crippen LogP contribution in [0.3, 0.4) is 0 Å². The largest absolute Gasteiger partial charge is 0.444 e. The summed E-state index contributed by atoms with van der Waals surface area (Å²) >= 11 is 5.53. The molecule has 0 atom stereocenters. The van der Waals surface area contributed by atoms with Crippen molar-refractivity contribution in [1.29, 1.82) is 0 Å². The van der Waals surface area contributed by atoms with Crippen LogP contribution >= 0.6 is 11.6 Å². The van der Waals surface area contributed by atoms with Gasteiger partial charge in [0.25, 0.3) is 0 Å². The van der Waals surface area contributed by atoms with Crippen molar-refractivity contribution < 1.29 is 9.53 Å². The number of carbonyl (C=O) groups is 1. The lowest BCUT2D eigenvalue weighted by Crippen LogP contribution is -2.27. The highest BCUT2D eigenvalue weighted by Gasteiger charge is 2.15. The predicted octanol–water partition coefficient (Wildman–Crippen LogP) is 3.26. The van der Waals surface area contributed by atoms with Crippen LogP contribution in [0.4, 0.5) is 16.2 Å². The van der Waals surface area contributed by atoms with E-state index in [2.05, 4.69) is 10.3 Å². The van der Waals surface area contributed by atoms with Gasteiger partial charge in [0.2, 0.25) is 0 Å². The van der Waals surface area contributed by atoms with Crippen LogP contribution in [0.5, 0.6) is 0 Å². The number of hydrogen-bond donors (Lipinski definition) is 2. The van der Waals surface area contributed by atoms with E-state index in [0.717, 1.165) is 0 Å². The van der Waals surface area contributed by atoms with Crippen LogP contribution < -0.4 is 11.1 Å². The molecule has 1 aromatic rings. The Kier molecular flexibility index (Phi) is 5.18. The van der Waals surface area contributed by atoms with Crippen LogP contribution in [-0.4, -0.2) is 23.4 Å². The first-order valence-corrected chi connectivity index (χ1v) is 6.32. The zero-order valence-electron chi connectivity index (χ0n) is 11.2.